The molecule has 1 aromatic carbocycles. The monoisotopic (exact) mass is 259 g/mol. The van der Waals surface area contributed by atoms with Gasteiger partial charge in [-0.05, 0) is 38.0 Å². The van der Waals surface area contributed by atoms with Crippen LogP contribution in [0.25, 0.3) is 0 Å². The highest BCUT2D eigenvalue weighted by Crippen LogP contribution is 2.25. The van der Waals surface area contributed by atoms with Gasteiger partial charge >= 0.3 is 0 Å². The van der Waals surface area contributed by atoms with Gasteiger partial charge in [0.2, 0.25) is 0 Å². The quantitative estimate of drug-likeness (QED) is 0.840. The number of hydrogen-bond donors (Lipinski definition) is 1. The smallest absolute Gasteiger partial charge is 0.143 e. The Bertz CT molecular complexity index is 561. The fraction of sp³-hybridized carbons (Fsp3) is 0.400. The maximum Gasteiger partial charge on any atom is 0.143 e. The molecule has 0 saturated carbocycles. The van der Waals surface area contributed by atoms with Crippen LogP contribution in [0.5, 0.6) is 5.75 Å². The number of nitrogens with zero attached hydrogens (tertiary/aromatic N) is 2. The van der Waals surface area contributed by atoms with E-state index in [1.54, 1.807) is 0 Å². The Balaban J connectivity index is 2.14. The first-order chi connectivity index (χ1) is 9.15. The summed E-state index contributed by atoms with van der Waals surface area (Å²) in [6.07, 6.45) is 0.937. The molecule has 0 fully saturated rings. The summed E-state index contributed by atoms with van der Waals surface area (Å²) in [5.41, 5.74) is 9.93. The molecule has 0 aliphatic heterocycles. The molecule has 1 heterocycles. The van der Waals surface area contributed by atoms with E-state index < -0.39 is 0 Å². The van der Waals surface area contributed by atoms with Crippen molar-refractivity contribution >= 4 is 5.69 Å². The number of aryl methyl sites for hydroxylation is 3. The number of ether oxygens (including phenoxy) is 1. The first-order valence-electron chi connectivity index (χ1n) is 6.69. The Hall–Kier alpha value is -1.97. The topological polar surface area (TPSA) is 53.1 Å². The molecule has 0 spiro atoms. The highest BCUT2D eigenvalue weighted by molar-refractivity contribution is 5.57. The molecule has 0 atom stereocenters. The molecular formula is C15H21N3O. The van der Waals surface area contributed by atoms with Crippen LogP contribution in [-0.2, 0) is 19.6 Å². The zero-order valence-electron chi connectivity index (χ0n) is 11.8. The van der Waals surface area contributed by atoms with E-state index in [4.69, 9.17) is 10.5 Å². The Morgan fingerprint density at radius 2 is 2.11 bits per heavy atom. The van der Waals surface area contributed by atoms with Gasteiger partial charge in [0.15, 0.2) is 0 Å². The Morgan fingerprint density at radius 1 is 1.32 bits per heavy atom. The summed E-state index contributed by atoms with van der Waals surface area (Å²) in [4.78, 5) is 0. The van der Waals surface area contributed by atoms with Crippen LogP contribution in [0.4, 0.5) is 5.69 Å². The number of nitrogens with two attached hydrogens (primary N) is 1. The molecule has 0 bridgehead atoms. The van der Waals surface area contributed by atoms with Crippen LogP contribution in [0.15, 0.2) is 24.3 Å². The number of aromatic nitrogens is 2. The van der Waals surface area contributed by atoms with E-state index in [9.17, 15) is 0 Å². The zero-order valence-corrected chi connectivity index (χ0v) is 11.8. The van der Waals surface area contributed by atoms with E-state index in [1.165, 1.54) is 0 Å². The number of nitrogen functional groups attached to an aromatic ring is 1. The van der Waals surface area contributed by atoms with Crippen LogP contribution >= 0.6 is 0 Å². The van der Waals surface area contributed by atoms with E-state index >= 15 is 0 Å². The van der Waals surface area contributed by atoms with Crippen LogP contribution in [0.3, 0.4) is 0 Å². The summed E-state index contributed by atoms with van der Waals surface area (Å²) >= 11 is 0. The number of anilines is 1. The van der Waals surface area contributed by atoms with Gasteiger partial charge in [-0.3, -0.25) is 4.68 Å². The van der Waals surface area contributed by atoms with Gasteiger partial charge in [0.25, 0.3) is 0 Å². The maximum atomic E-state index is 6.00. The van der Waals surface area contributed by atoms with Gasteiger partial charge in [-0.25, -0.2) is 0 Å². The van der Waals surface area contributed by atoms with Crippen LogP contribution < -0.4 is 10.5 Å². The van der Waals surface area contributed by atoms with Crippen molar-refractivity contribution in [1.82, 2.24) is 9.78 Å². The summed E-state index contributed by atoms with van der Waals surface area (Å²) in [5.74, 6) is 0.738. The van der Waals surface area contributed by atoms with Gasteiger partial charge in [-0.1, -0.05) is 19.1 Å². The Morgan fingerprint density at radius 3 is 2.79 bits per heavy atom. The van der Waals surface area contributed by atoms with Crippen molar-refractivity contribution in [1.29, 1.82) is 0 Å². The lowest BCUT2D eigenvalue weighted by atomic mass is 10.2. The average molecular weight is 259 g/mol. The number of para-hydroxylation sites is 1. The van der Waals surface area contributed by atoms with Gasteiger partial charge in [-0.2, -0.15) is 5.10 Å². The van der Waals surface area contributed by atoms with Gasteiger partial charge in [0.05, 0.1) is 17.1 Å². The minimum absolute atomic E-state index is 0.495. The maximum absolute atomic E-state index is 6.00. The van der Waals surface area contributed by atoms with Crippen LogP contribution in [0.2, 0.25) is 0 Å². The molecule has 1 aromatic heterocycles. The number of benzene rings is 1. The number of rotatable bonds is 5. The summed E-state index contributed by atoms with van der Waals surface area (Å²) < 4.78 is 7.80. The minimum Gasteiger partial charge on any atom is -0.485 e. The highest BCUT2D eigenvalue weighted by atomic mass is 16.5. The lowest BCUT2D eigenvalue weighted by molar-refractivity contribution is 0.294. The van der Waals surface area contributed by atoms with Gasteiger partial charge in [-0.15, -0.1) is 0 Å². The van der Waals surface area contributed by atoms with Gasteiger partial charge in [0.1, 0.15) is 12.4 Å². The first kappa shape index (κ1) is 13.5. The van der Waals surface area contributed by atoms with Gasteiger partial charge < -0.3 is 10.5 Å². The molecule has 4 nitrogen and oxygen atoms in total. The fourth-order valence-electron chi connectivity index (χ4n) is 2.01. The molecule has 19 heavy (non-hydrogen) atoms. The Labute approximate surface area is 114 Å². The Kier molecular flexibility index (Phi) is 4.10. The largest absolute Gasteiger partial charge is 0.485 e. The minimum atomic E-state index is 0.495. The summed E-state index contributed by atoms with van der Waals surface area (Å²) in [6, 6.07) is 7.93. The average Bonchev–Trinajstić information content (AvgIpc) is 2.83. The van der Waals surface area contributed by atoms with Crippen molar-refractivity contribution in [2.45, 2.75) is 40.3 Å². The third-order valence-electron chi connectivity index (χ3n) is 3.24. The molecule has 102 valence electrons. The lowest BCUT2D eigenvalue weighted by Crippen LogP contribution is -2.07. The van der Waals surface area contributed by atoms with Crippen LogP contribution in [0, 0.1) is 6.92 Å². The molecule has 0 radical (unpaired) electrons. The van der Waals surface area contributed by atoms with E-state index in [0.717, 1.165) is 35.7 Å². The second-order valence-electron chi connectivity index (χ2n) is 4.57. The molecular weight excluding hydrogens is 238 g/mol. The van der Waals surface area contributed by atoms with Crippen molar-refractivity contribution in [3.05, 3.63) is 41.2 Å². The van der Waals surface area contributed by atoms with Crippen molar-refractivity contribution in [2.24, 2.45) is 0 Å². The molecule has 0 amide bonds. The summed E-state index contributed by atoms with van der Waals surface area (Å²) in [5, 5.41) is 4.50. The fourth-order valence-corrected chi connectivity index (χ4v) is 2.01. The summed E-state index contributed by atoms with van der Waals surface area (Å²) in [6.45, 7) is 7.51. The van der Waals surface area contributed by atoms with E-state index in [2.05, 4.69) is 25.0 Å². The van der Waals surface area contributed by atoms with Crippen LogP contribution in [-0.4, -0.2) is 9.78 Å². The molecule has 0 saturated heterocycles. The highest BCUT2D eigenvalue weighted by Gasteiger charge is 2.08. The number of hydrogen-bond acceptors (Lipinski definition) is 3. The molecule has 0 unspecified atom stereocenters. The molecule has 0 aliphatic carbocycles. The summed E-state index contributed by atoms with van der Waals surface area (Å²) in [7, 11) is 0. The SMILES string of the molecule is CCc1cc(COc2cccc(C)c2N)n(CC)n1. The molecule has 2 N–H and O–H groups in total. The second-order valence-corrected chi connectivity index (χ2v) is 4.57. The standard InChI is InChI=1S/C15H21N3O/c1-4-12-9-13(18(5-2)17-12)10-19-14-8-6-7-11(3)15(14)16/h6-9H,4-5,10,16H2,1-3H3. The van der Waals surface area contributed by atoms with Crippen molar-refractivity contribution in [3.63, 3.8) is 0 Å². The first-order valence-corrected chi connectivity index (χ1v) is 6.69. The molecule has 4 heteroatoms. The van der Waals surface area contributed by atoms with Crippen molar-refractivity contribution in [3.8, 4) is 5.75 Å². The normalized spacial score (nSPS) is 10.7. The van der Waals surface area contributed by atoms with Crippen molar-refractivity contribution < 1.29 is 4.74 Å². The van der Waals surface area contributed by atoms with E-state index in [1.807, 2.05) is 29.8 Å². The predicted octanol–water partition coefficient (Wildman–Crippen LogP) is 2.94. The van der Waals surface area contributed by atoms with Crippen LogP contribution in [0.1, 0.15) is 30.8 Å². The second kappa shape index (κ2) is 5.78. The molecule has 2 rings (SSSR count). The lowest BCUT2D eigenvalue weighted by Gasteiger charge is -2.11. The third kappa shape index (κ3) is 2.89. The third-order valence-corrected chi connectivity index (χ3v) is 3.24. The van der Waals surface area contributed by atoms with E-state index in [-0.39, 0.29) is 0 Å². The predicted molar refractivity (Wildman–Crippen MR) is 77.2 cm³/mol. The molecule has 0 aliphatic rings. The zero-order chi connectivity index (χ0) is 13.8. The van der Waals surface area contributed by atoms with Gasteiger partial charge in [0, 0.05) is 6.54 Å². The van der Waals surface area contributed by atoms with E-state index in [0.29, 0.717) is 12.3 Å². The molecule has 2 aromatic rings. The van der Waals surface area contributed by atoms with Crippen molar-refractivity contribution in [2.75, 3.05) is 5.73 Å².